The fourth-order valence-electron chi connectivity index (χ4n) is 3.63. The molecule has 23 heavy (non-hydrogen) atoms. The standard InChI is InChI=1S/C17H18ClF2NO2/c1-9-7-11(18)8-10(2)12(9)13-14(22)16(21-15(13)23)3-5-17(19,20)6-4-16/h7-8,22H,3-6H2,1-2H3,(H,21,23). The van der Waals surface area contributed by atoms with Gasteiger partial charge in [0.05, 0.1) is 11.1 Å². The number of alkyl halides is 2. The lowest BCUT2D eigenvalue weighted by atomic mass is 9.78. The molecule has 1 aliphatic carbocycles. The normalized spacial score (nSPS) is 22.6. The van der Waals surface area contributed by atoms with Gasteiger partial charge >= 0.3 is 0 Å². The van der Waals surface area contributed by atoms with Crippen molar-refractivity contribution in [1.82, 2.24) is 5.32 Å². The molecule has 1 aromatic rings. The molecule has 1 saturated carbocycles. The zero-order valence-electron chi connectivity index (χ0n) is 13.0. The molecule has 0 radical (unpaired) electrons. The average Bonchev–Trinajstić information content (AvgIpc) is 2.66. The van der Waals surface area contributed by atoms with E-state index in [0.717, 1.165) is 11.1 Å². The second kappa shape index (κ2) is 5.20. The maximum atomic E-state index is 13.4. The van der Waals surface area contributed by atoms with E-state index in [-0.39, 0.29) is 37.0 Å². The summed E-state index contributed by atoms with van der Waals surface area (Å²) in [5.41, 5.74) is 1.28. The molecular weight excluding hydrogens is 324 g/mol. The molecule has 0 unspecified atom stereocenters. The molecule has 0 atom stereocenters. The predicted molar refractivity (Wildman–Crippen MR) is 84.8 cm³/mol. The van der Waals surface area contributed by atoms with Gasteiger partial charge in [-0.25, -0.2) is 8.78 Å². The van der Waals surface area contributed by atoms with E-state index in [0.29, 0.717) is 10.6 Å². The van der Waals surface area contributed by atoms with Crippen LogP contribution < -0.4 is 5.32 Å². The first kappa shape index (κ1) is 16.2. The molecule has 1 aliphatic heterocycles. The largest absolute Gasteiger partial charge is 0.509 e. The molecule has 2 aliphatic rings. The van der Waals surface area contributed by atoms with Gasteiger partial charge in [-0.3, -0.25) is 4.79 Å². The number of halogens is 3. The number of nitrogens with one attached hydrogen (secondary N) is 1. The van der Waals surface area contributed by atoms with E-state index in [2.05, 4.69) is 5.32 Å². The molecule has 6 heteroatoms. The molecule has 3 nitrogen and oxygen atoms in total. The summed E-state index contributed by atoms with van der Waals surface area (Å²) in [6, 6.07) is 3.44. The molecule has 0 aromatic heterocycles. The molecule has 1 amide bonds. The summed E-state index contributed by atoms with van der Waals surface area (Å²) in [6.45, 7) is 3.61. The second-order valence-corrected chi connectivity index (χ2v) is 6.97. The lowest BCUT2D eigenvalue weighted by Crippen LogP contribution is -2.49. The van der Waals surface area contributed by atoms with Crippen molar-refractivity contribution in [3.63, 3.8) is 0 Å². The van der Waals surface area contributed by atoms with Crippen molar-refractivity contribution in [3.8, 4) is 0 Å². The van der Waals surface area contributed by atoms with Crippen LogP contribution in [0, 0.1) is 13.8 Å². The number of amides is 1. The Balaban J connectivity index is 2.08. The fraction of sp³-hybridized carbons (Fsp3) is 0.471. The summed E-state index contributed by atoms with van der Waals surface area (Å²) in [5, 5.41) is 14.0. The van der Waals surface area contributed by atoms with Crippen LogP contribution in [0.25, 0.3) is 5.57 Å². The summed E-state index contributed by atoms with van der Waals surface area (Å²) in [5.74, 6) is -3.27. The Kier molecular flexibility index (Phi) is 3.67. The van der Waals surface area contributed by atoms with Crippen molar-refractivity contribution in [1.29, 1.82) is 0 Å². The van der Waals surface area contributed by atoms with Gasteiger partial charge in [-0.05, 0) is 55.5 Å². The van der Waals surface area contributed by atoms with Crippen LogP contribution in [0.3, 0.4) is 0 Å². The Bertz CT molecular complexity index is 694. The molecule has 0 saturated heterocycles. The summed E-state index contributed by atoms with van der Waals surface area (Å²) < 4.78 is 26.9. The number of carbonyl (C=O) groups excluding carboxylic acids is 1. The van der Waals surface area contributed by atoms with Gasteiger partial charge in [0.2, 0.25) is 5.92 Å². The summed E-state index contributed by atoms with van der Waals surface area (Å²) >= 11 is 6.01. The summed E-state index contributed by atoms with van der Waals surface area (Å²) in [6.07, 6.45) is -0.619. The van der Waals surface area contributed by atoms with Gasteiger partial charge in [-0.15, -0.1) is 0 Å². The van der Waals surface area contributed by atoms with E-state index < -0.39 is 17.4 Å². The lowest BCUT2D eigenvalue weighted by molar-refractivity contribution is -0.117. The minimum atomic E-state index is -2.73. The van der Waals surface area contributed by atoms with Crippen molar-refractivity contribution in [2.75, 3.05) is 0 Å². The number of aryl methyl sites for hydroxylation is 2. The first-order valence-corrected chi connectivity index (χ1v) is 7.94. The Labute approximate surface area is 138 Å². The van der Waals surface area contributed by atoms with Gasteiger partial charge in [0.25, 0.3) is 5.91 Å². The van der Waals surface area contributed by atoms with Crippen LogP contribution in [0.1, 0.15) is 42.4 Å². The van der Waals surface area contributed by atoms with Crippen molar-refractivity contribution in [2.24, 2.45) is 0 Å². The van der Waals surface area contributed by atoms with Crippen molar-refractivity contribution < 1.29 is 18.7 Å². The van der Waals surface area contributed by atoms with Gasteiger partial charge in [0, 0.05) is 17.9 Å². The monoisotopic (exact) mass is 341 g/mol. The van der Waals surface area contributed by atoms with Crippen LogP contribution in [0.5, 0.6) is 0 Å². The van der Waals surface area contributed by atoms with Crippen molar-refractivity contribution in [2.45, 2.75) is 51.0 Å². The van der Waals surface area contributed by atoms with Crippen LogP contribution in [0.4, 0.5) is 8.78 Å². The van der Waals surface area contributed by atoms with Gasteiger partial charge in [-0.2, -0.15) is 0 Å². The quantitative estimate of drug-likeness (QED) is 0.800. The number of aliphatic hydroxyl groups is 1. The highest BCUT2D eigenvalue weighted by Gasteiger charge is 2.52. The third-order valence-electron chi connectivity index (χ3n) is 4.85. The maximum Gasteiger partial charge on any atom is 0.256 e. The van der Waals surface area contributed by atoms with E-state index in [4.69, 9.17) is 11.6 Å². The van der Waals surface area contributed by atoms with Gasteiger partial charge < -0.3 is 10.4 Å². The predicted octanol–water partition coefficient (Wildman–Crippen LogP) is 4.30. The molecule has 124 valence electrons. The fourth-order valence-corrected chi connectivity index (χ4v) is 3.95. The van der Waals surface area contributed by atoms with Gasteiger partial charge in [-0.1, -0.05) is 11.6 Å². The first-order chi connectivity index (χ1) is 10.7. The zero-order chi connectivity index (χ0) is 17.0. The Morgan fingerprint density at radius 1 is 1.13 bits per heavy atom. The Hall–Kier alpha value is -1.62. The highest BCUT2D eigenvalue weighted by molar-refractivity contribution is 6.31. The summed E-state index contributed by atoms with van der Waals surface area (Å²) in [4.78, 5) is 12.5. The smallest absolute Gasteiger partial charge is 0.256 e. The number of hydrogen-bond acceptors (Lipinski definition) is 2. The third-order valence-corrected chi connectivity index (χ3v) is 5.07. The SMILES string of the molecule is Cc1cc(Cl)cc(C)c1C1=C(O)C2(CCC(F)(F)CC2)NC1=O. The van der Waals surface area contributed by atoms with Gasteiger partial charge in [0.1, 0.15) is 5.76 Å². The number of aliphatic hydroxyl groups excluding tert-OH is 1. The molecule has 1 aromatic carbocycles. The number of hydrogen-bond donors (Lipinski definition) is 2. The van der Waals surface area contributed by atoms with Crippen LogP contribution in [0.2, 0.25) is 5.02 Å². The first-order valence-electron chi connectivity index (χ1n) is 7.56. The maximum absolute atomic E-state index is 13.4. The lowest BCUT2D eigenvalue weighted by Gasteiger charge is -2.36. The molecule has 1 heterocycles. The van der Waals surface area contributed by atoms with Crippen LogP contribution in [0.15, 0.2) is 17.9 Å². The van der Waals surface area contributed by atoms with Crippen LogP contribution in [-0.2, 0) is 4.79 Å². The third kappa shape index (κ3) is 2.61. The number of benzene rings is 1. The van der Waals surface area contributed by atoms with Crippen LogP contribution in [-0.4, -0.2) is 22.5 Å². The highest BCUT2D eigenvalue weighted by atomic mass is 35.5. The van der Waals surface area contributed by atoms with Crippen LogP contribution >= 0.6 is 11.6 Å². The average molecular weight is 342 g/mol. The second-order valence-electron chi connectivity index (χ2n) is 6.53. The number of rotatable bonds is 1. The minimum absolute atomic E-state index is 0.0345. The summed E-state index contributed by atoms with van der Waals surface area (Å²) in [7, 11) is 0. The zero-order valence-corrected chi connectivity index (χ0v) is 13.7. The van der Waals surface area contributed by atoms with E-state index >= 15 is 0 Å². The van der Waals surface area contributed by atoms with E-state index in [1.54, 1.807) is 12.1 Å². The molecule has 1 spiro atoms. The van der Waals surface area contributed by atoms with Gasteiger partial charge in [0.15, 0.2) is 0 Å². The topological polar surface area (TPSA) is 49.3 Å². The van der Waals surface area contributed by atoms with E-state index in [1.807, 2.05) is 13.8 Å². The molecular formula is C17H18ClF2NO2. The molecule has 0 bridgehead atoms. The molecule has 2 N–H and O–H groups in total. The van der Waals surface area contributed by atoms with E-state index in [9.17, 15) is 18.7 Å². The van der Waals surface area contributed by atoms with Crippen molar-refractivity contribution >= 4 is 23.1 Å². The molecule has 3 rings (SSSR count). The van der Waals surface area contributed by atoms with Crippen molar-refractivity contribution in [3.05, 3.63) is 39.6 Å². The number of carbonyl (C=O) groups is 1. The minimum Gasteiger partial charge on any atom is -0.509 e. The highest BCUT2D eigenvalue weighted by Crippen LogP contribution is 2.46. The van der Waals surface area contributed by atoms with E-state index in [1.165, 1.54) is 0 Å². The Morgan fingerprint density at radius 3 is 2.17 bits per heavy atom. The molecule has 1 fully saturated rings. The Morgan fingerprint density at radius 2 is 1.65 bits per heavy atom.